The maximum atomic E-state index is 11.4. The molecule has 1 N–H and O–H groups in total. The summed E-state index contributed by atoms with van der Waals surface area (Å²) < 4.78 is 5.78. The Kier molecular flexibility index (Phi) is 5.69. The first-order valence-corrected chi connectivity index (χ1v) is 6.08. The summed E-state index contributed by atoms with van der Waals surface area (Å²) in [5.74, 6) is -0.685. The van der Waals surface area contributed by atoms with Gasteiger partial charge in [0, 0.05) is 11.0 Å². The summed E-state index contributed by atoms with van der Waals surface area (Å²) in [6.07, 6.45) is 0.173. The molecular formula is C12H14BrNO3. The van der Waals surface area contributed by atoms with E-state index in [-0.39, 0.29) is 18.9 Å². The maximum Gasteiger partial charge on any atom is 0.310 e. The normalized spacial score (nSPS) is 9.76. The molecule has 92 valence electrons. The molecule has 0 spiro atoms. The van der Waals surface area contributed by atoms with E-state index < -0.39 is 5.97 Å². The van der Waals surface area contributed by atoms with E-state index in [9.17, 15) is 9.59 Å². The van der Waals surface area contributed by atoms with Crippen molar-refractivity contribution >= 4 is 27.8 Å². The maximum absolute atomic E-state index is 11.4. The van der Waals surface area contributed by atoms with Crippen LogP contribution in [0.3, 0.4) is 0 Å². The molecule has 0 bridgehead atoms. The van der Waals surface area contributed by atoms with Crippen molar-refractivity contribution in [3.63, 3.8) is 0 Å². The molecule has 0 aliphatic heterocycles. The smallest absolute Gasteiger partial charge is 0.310 e. The highest BCUT2D eigenvalue weighted by atomic mass is 79.9. The lowest BCUT2D eigenvalue weighted by atomic mass is 10.2. The summed E-state index contributed by atoms with van der Waals surface area (Å²) in [5.41, 5.74) is 0.856. The van der Waals surface area contributed by atoms with Crippen LogP contribution in [0.4, 0.5) is 0 Å². The second-order valence-electron chi connectivity index (χ2n) is 3.42. The summed E-state index contributed by atoms with van der Waals surface area (Å²) >= 11 is 3.31. The number of benzene rings is 1. The van der Waals surface area contributed by atoms with Crippen LogP contribution in [0.15, 0.2) is 28.7 Å². The van der Waals surface area contributed by atoms with Crippen LogP contribution in [0.5, 0.6) is 0 Å². The van der Waals surface area contributed by atoms with Crippen LogP contribution in [0, 0.1) is 0 Å². The van der Waals surface area contributed by atoms with Crippen molar-refractivity contribution < 1.29 is 14.3 Å². The number of carbonyl (C=O) groups is 2. The lowest BCUT2D eigenvalue weighted by Gasteiger charge is -2.05. The average molecular weight is 300 g/mol. The first-order valence-electron chi connectivity index (χ1n) is 5.28. The van der Waals surface area contributed by atoms with Gasteiger partial charge in [0.25, 0.3) is 5.91 Å². The van der Waals surface area contributed by atoms with E-state index >= 15 is 0 Å². The number of rotatable bonds is 5. The number of amides is 1. The Bertz CT molecular complexity index is 389. The van der Waals surface area contributed by atoms with Crippen LogP contribution in [0.2, 0.25) is 0 Å². The first kappa shape index (κ1) is 13.7. The molecule has 0 atom stereocenters. The predicted molar refractivity (Wildman–Crippen MR) is 67.5 cm³/mol. The van der Waals surface area contributed by atoms with Gasteiger partial charge >= 0.3 is 5.97 Å². The predicted octanol–water partition coefficient (Wildman–Crippen LogP) is 1.67. The number of esters is 1. The molecule has 0 saturated carbocycles. The standard InChI is InChI=1S/C12H14BrNO3/c1-2-14-11(15)8-17-12(16)7-9-3-5-10(13)6-4-9/h3-6H,2,7-8H2,1H3,(H,14,15). The molecule has 0 unspecified atom stereocenters. The molecule has 0 aromatic heterocycles. The van der Waals surface area contributed by atoms with Crippen LogP contribution in [-0.4, -0.2) is 25.0 Å². The third-order valence-corrected chi connectivity index (χ3v) is 2.53. The Morgan fingerprint density at radius 3 is 2.53 bits per heavy atom. The summed E-state index contributed by atoms with van der Waals surface area (Å²) in [5, 5.41) is 2.55. The van der Waals surface area contributed by atoms with Crippen molar-refractivity contribution in [1.82, 2.24) is 5.32 Å². The zero-order valence-corrected chi connectivity index (χ0v) is 11.1. The second-order valence-corrected chi connectivity index (χ2v) is 4.33. The van der Waals surface area contributed by atoms with E-state index in [4.69, 9.17) is 4.74 Å². The van der Waals surface area contributed by atoms with E-state index in [2.05, 4.69) is 21.2 Å². The monoisotopic (exact) mass is 299 g/mol. The quantitative estimate of drug-likeness (QED) is 0.842. The molecule has 1 aromatic rings. The Labute approximate surface area is 108 Å². The lowest BCUT2D eigenvalue weighted by molar-refractivity contribution is -0.147. The molecule has 0 aliphatic carbocycles. The van der Waals surface area contributed by atoms with Crippen LogP contribution in [0.25, 0.3) is 0 Å². The second kappa shape index (κ2) is 7.06. The fraction of sp³-hybridized carbons (Fsp3) is 0.333. The first-order chi connectivity index (χ1) is 8.11. The zero-order chi connectivity index (χ0) is 12.7. The number of hydrogen-bond donors (Lipinski definition) is 1. The molecule has 5 heteroatoms. The fourth-order valence-electron chi connectivity index (χ4n) is 1.21. The Hall–Kier alpha value is -1.36. The molecule has 0 saturated heterocycles. The molecule has 1 rings (SSSR count). The highest BCUT2D eigenvalue weighted by Gasteiger charge is 2.07. The molecule has 1 aromatic carbocycles. The summed E-state index contributed by atoms with van der Waals surface area (Å²) in [6.45, 7) is 2.12. The van der Waals surface area contributed by atoms with Crippen LogP contribution >= 0.6 is 15.9 Å². The molecule has 0 radical (unpaired) electrons. The Morgan fingerprint density at radius 1 is 1.29 bits per heavy atom. The van der Waals surface area contributed by atoms with Crippen molar-refractivity contribution in [3.05, 3.63) is 34.3 Å². The highest BCUT2D eigenvalue weighted by molar-refractivity contribution is 9.10. The number of halogens is 1. The SMILES string of the molecule is CCNC(=O)COC(=O)Cc1ccc(Br)cc1. The van der Waals surface area contributed by atoms with Gasteiger partial charge < -0.3 is 10.1 Å². The Morgan fingerprint density at radius 2 is 1.94 bits per heavy atom. The largest absolute Gasteiger partial charge is 0.455 e. The van der Waals surface area contributed by atoms with E-state index in [0.717, 1.165) is 10.0 Å². The molecule has 0 heterocycles. The molecule has 1 amide bonds. The number of likely N-dealkylation sites (N-methyl/N-ethyl adjacent to an activating group) is 1. The fourth-order valence-corrected chi connectivity index (χ4v) is 1.48. The van der Waals surface area contributed by atoms with E-state index in [1.807, 2.05) is 31.2 Å². The number of nitrogens with one attached hydrogen (secondary N) is 1. The summed E-state index contributed by atoms with van der Waals surface area (Å²) in [4.78, 5) is 22.4. The van der Waals surface area contributed by atoms with Crippen molar-refractivity contribution in [2.24, 2.45) is 0 Å². The lowest BCUT2D eigenvalue weighted by Crippen LogP contribution is -2.28. The molecule has 0 fully saturated rings. The third-order valence-electron chi connectivity index (χ3n) is 2.00. The van der Waals surface area contributed by atoms with Crippen molar-refractivity contribution in [2.45, 2.75) is 13.3 Å². The van der Waals surface area contributed by atoms with Gasteiger partial charge in [-0.15, -0.1) is 0 Å². The van der Waals surface area contributed by atoms with Crippen LogP contribution in [-0.2, 0) is 20.7 Å². The van der Waals surface area contributed by atoms with Crippen molar-refractivity contribution in [2.75, 3.05) is 13.2 Å². The van der Waals surface area contributed by atoms with E-state index in [0.29, 0.717) is 6.54 Å². The molecule has 0 aliphatic rings. The van der Waals surface area contributed by atoms with Gasteiger partial charge in [-0.05, 0) is 24.6 Å². The molecular weight excluding hydrogens is 286 g/mol. The summed E-state index contributed by atoms with van der Waals surface area (Å²) in [6, 6.07) is 7.37. The van der Waals surface area contributed by atoms with E-state index in [1.165, 1.54) is 0 Å². The van der Waals surface area contributed by atoms with Gasteiger partial charge in [-0.2, -0.15) is 0 Å². The Balaban J connectivity index is 2.34. The molecule has 17 heavy (non-hydrogen) atoms. The van der Waals surface area contributed by atoms with Gasteiger partial charge in [0.1, 0.15) is 0 Å². The van der Waals surface area contributed by atoms with Gasteiger partial charge in [0.05, 0.1) is 6.42 Å². The van der Waals surface area contributed by atoms with Gasteiger partial charge in [-0.25, -0.2) is 0 Å². The number of carbonyl (C=O) groups excluding carboxylic acids is 2. The van der Waals surface area contributed by atoms with Crippen LogP contribution < -0.4 is 5.32 Å². The van der Waals surface area contributed by atoms with Crippen LogP contribution in [0.1, 0.15) is 12.5 Å². The van der Waals surface area contributed by atoms with Crippen molar-refractivity contribution in [1.29, 1.82) is 0 Å². The van der Waals surface area contributed by atoms with Gasteiger partial charge in [-0.1, -0.05) is 28.1 Å². The third kappa shape index (κ3) is 5.49. The minimum absolute atomic E-state index is 0.173. The van der Waals surface area contributed by atoms with Crippen molar-refractivity contribution in [3.8, 4) is 0 Å². The van der Waals surface area contributed by atoms with Gasteiger partial charge in [0.15, 0.2) is 6.61 Å². The summed E-state index contributed by atoms with van der Waals surface area (Å²) in [7, 11) is 0. The number of hydrogen-bond acceptors (Lipinski definition) is 3. The molecule has 4 nitrogen and oxygen atoms in total. The van der Waals surface area contributed by atoms with Gasteiger partial charge in [0.2, 0.25) is 0 Å². The topological polar surface area (TPSA) is 55.4 Å². The minimum Gasteiger partial charge on any atom is -0.455 e. The number of ether oxygens (including phenoxy) is 1. The minimum atomic E-state index is -0.404. The zero-order valence-electron chi connectivity index (χ0n) is 9.53. The highest BCUT2D eigenvalue weighted by Crippen LogP contribution is 2.11. The average Bonchev–Trinajstić information content (AvgIpc) is 2.30. The van der Waals surface area contributed by atoms with Gasteiger partial charge in [-0.3, -0.25) is 9.59 Å². The van der Waals surface area contributed by atoms with E-state index in [1.54, 1.807) is 0 Å².